The Balaban J connectivity index is 3.06. The monoisotopic (exact) mass is 182 g/mol. The van der Waals surface area contributed by atoms with Gasteiger partial charge in [-0.15, -0.1) is 0 Å². The van der Waals surface area contributed by atoms with Crippen molar-refractivity contribution in [1.29, 1.82) is 0 Å². The molecule has 0 atom stereocenters. The Kier molecular flexibility index (Phi) is 2.64. The van der Waals surface area contributed by atoms with Crippen LogP contribution in [0.2, 0.25) is 0 Å². The largest absolute Gasteiger partial charge is 0.507 e. The first kappa shape index (κ1) is 9.25. The average molecular weight is 182 g/mol. The highest BCUT2D eigenvalue weighted by molar-refractivity contribution is 5.85. The Morgan fingerprint density at radius 2 is 2.15 bits per heavy atom. The van der Waals surface area contributed by atoms with Gasteiger partial charge >= 0.3 is 5.97 Å². The number of phenolic OH excluding ortho intramolecular Hbond substituents is 1. The summed E-state index contributed by atoms with van der Waals surface area (Å²) >= 11 is 0. The zero-order valence-corrected chi connectivity index (χ0v) is 6.57. The number of hydrogen-bond donors (Lipinski definition) is 2. The first-order chi connectivity index (χ1) is 6.11. The molecule has 0 saturated carbocycles. The molecule has 1 aromatic carbocycles. The van der Waals surface area contributed by atoms with Gasteiger partial charge in [0.15, 0.2) is 0 Å². The maximum absolute atomic E-state index is 12.9. The van der Waals surface area contributed by atoms with E-state index in [1.54, 1.807) is 0 Å². The van der Waals surface area contributed by atoms with Crippen LogP contribution >= 0.6 is 0 Å². The van der Waals surface area contributed by atoms with E-state index in [4.69, 9.17) is 10.2 Å². The molecular weight excluding hydrogens is 175 g/mol. The quantitative estimate of drug-likeness (QED) is 0.683. The third-order valence-electron chi connectivity index (χ3n) is 1.42. The van der Waals surface area contributed by atoms with Crippen molar-refractivity contribution in [3.05, 3.63) is 35.7 Å². The molecule has 0 unspecified atom stereocenters. The number of aliphatic carboxylic acids is 1. The zero-order chi connectivity index (χ0) is 9.84. The maximum atomic E-state index is 12.9. The number of benzene rings is 1. The van der Waals surface area contributed by atoms with Crippen molar-refractivity contribution < 1.29 is 19.4 Å². The smallest absolute Gasteiger partial charge is 0.328 e. The highest BCUT2D eigenvalue weighted by Crippen LogP contribution is 2.20. The second-order valence-electron chi connectivity index (χ2n) is 2.34. The van der Waals surface area contributed by atoms with E-state index in [2.05, 4.69) is 0 Å². The van der Waals surface area contributed by atoms with Crippen LogP contribution in [0.1, 0.15) is 5.56 Å². The van der Waals surface area contributed by atoms with Crippen LogP contribution in [0.4, 0.5) is 4.39 Å². The molecule has 0 spiro atoms. The summed E-state index contributed by atoms with van der Waals surface area (Å²) in [6.07, 6.45) is 1.77. The summed E-state index contributed by atoms with van der Waals surface area (Å²) in [5, 5.41) is 17.4. The Bertz CT molecular complexity index is 338. The number of halogens is 1. The molecule has 3 nitrogen and oxygen atoms in total. The SMILES string of the molecule is O=C(O)C=Cc1c(O)cccc1F. The van der Waals surface area contributed by atoms with Crippen molar-refractivity contribution in [2.24, 2.45) is 0 Å². The summed E-state index contributed by atoms with van der Waals surface area (Å²) in [6, 6.07) is 3.76. The van der Waals surface area contributed by atoms with Gasteiger partial charge < -0.3 is 10.2 Å². The van der Waals surface area contributed by atoms with Crippen molar-refractivity contribution in [3.63, 3.8) is 0 Å². The number of aromatic hydroxyl groups is 1. The van der Waals surface area contributed by atoms with Crippen LogP contribution in [-0.2, 0) is 4.79 Å². The van der Waals surface area contributed by atoms with Gasteiger partial charge in [0.1, 0.15) is 11.6 Å². The molecule has 0 amide bonds. The van der Waals surface area contributed by atoms with E-state index < -0.39 is 11.8 Å². The van der Waals surface area contributed by atoms with Crippen molar-refractivity contribution in [2.45, 2.75) is 0 Å². The van der Waals surface area contributed by atoms with Gasteiger partial charge in [-0.1, -0.05) is 6.07 Å². The van der Waals surface area contributed by atoms with Gasteiger partial charge in [0.25, 0.3) is 0 Å². The van der Waals surface area contributed by atoms with E-state index in [1.807, 2.05) is 0 Å². The van der Waals surface area contributed by atoms with E-state index in [-0.39, 0.29) is 11.3 Å². The molecule has 1 aromatic rings. The van der Waals surface area contributed by atoms with Gasteiger partial charge in [0.2, 0.25) is 0 Å². The topological polar surface area (TPSA) is 57.5 Å². The molecule has 13 heavy (non-hydrogen) atoms. The standard InChI is InChI=1S/C9H7FO3/c10-7-2-1-3-8(11)6(7)4-5-9(12)13/h1-5,11H,(H,12,13). The number of carboxylic acids is 1. The molecule has 0 bridgehead atoms. The second-order valence-corrected chi connectivity index (χ2v) is 2.34. The zero-order valence-electron chi connectivity index (χ0n) is 6.57. The Labute approximate surface area is 73.8 Å². The fourth-order valence-corrected chi connectivity index (χ4v) is 0.845. The molecule has 68 valence electrons. The van der Waals surface area contributed by atoms with Crippen LogP contribution < -0.4 is 0 Å². The summed E-state index contributed by atoms with van der Waals surface area (Å²) in [7, 11) is 0. The van der Waals surface area contributed by atoms with E-state index in [1.165, 1.54) is 12.1 Å². The molecule has 0 aliphatic heterocycles. The lowest BCUT2D eigenvalue weighted by Gasteiger charge is -1.98. The van der Waals surface area contributed by atoms with Crippen LogP contribution in [0, 0.1) is 5.82 Å². The van der Waals surface area contributed by atoms with Crippen LogP contribution in [0.15, 0.2) is 24.3 Å². The van der Waals surface area contributed by atoms with Gasteiger partial charge in [-0.05, 0) is 18.2 Å². The molecule has 0 aliphatic carbocycles. The first-order valence-corrected chi connectivity index (χ1v) is 3.50. The van der Waals surface area contributed by atoms with Crippen molar-refractivity contribution in [3.8, 4) is 5.75 Å². The van der Waals surface area contributed by atoms with Crippen LogP contribution in [0.5, 0.6) is 5.75 Å². The normalized spacial score (nSPS) is 10.5. The van der Waals surface area contributed by atoms with Gasteiger partial charge in [-0.25, -0.2) is 9.18 Å². The molecule has 0 heterocycles. The number of phenols is 1. The number of rotatable bonds is 2. The number of carbonyl (C=O) groups is 1. The van der Waals surface area contributed by atoms with Crippen molar-refractivity contribution in [1.82, 2.24) is 0 Å². The van der Waals surface area contributed by atoms with E-state index in [0.29, 0.717) is 0 Å². The van der Waals surface area contributed by atoms with Gasteiger partial charge in [-0.2, -0.15) is 0 Å². The average Bonchev–Trinajstić information content (AvgIpc) is 2.03. The Hall–Kier alpha value is -1.84. The molecule has 0 aromatic heterocycles. The lowest BCUT2D eigenvalue weighted by atomic mass is 10.2. The van der Waals surface area contributed by atoms with E-state index >= 15 is 0 Å². The number of hydrogen-bond acceptors (Lipinski definition) is 2. The van der Waals surface area contributed by atoms with Crippen molar-refractivity contribution >= 4 is 12.0 Å². The minimum Gasteiger partial charge on any atom is -0.507 e. The fourth-order valence-electron chi connectivity index (χ4n) is 0.845. The predicted molar refractivity (Wildman–Crippen MR) is 44.7 cm³/mol. The maximum Gasteiger partial charge on any atom is 0.328 e. The molecule has 4 heteroatoms. The van der Waals surface area contributed by atoms with Crippen LogP contribution in [0.25, 0.3) is 6.08 Å². The predicted octanol–water partition coefficient (Wildman–Crippen LogP) is 1.63. The molecule has 0 saturated heterocycles. The fraction of sp³-hybridized carbons (Fsp3) is 0. The molecular formula is C9H7FO3. The lowest BCUT2D eigenvalue weighted by Crippen LogP contribution is -1.87. The molecule has 0 fully saturated rings. The summed E-state index contributed by atoms with van der Waals surface area (Å²) in [5.74, 6) is -2.13. The molecule has 2 N–H and O–H groups in total. The summed E-state index contributed by atoms with van der Waals surface area (Å²) in [4.78, 5) is 10.1. The van der Waals surface area contributed by atoms with Gasteiger partial charge in [0.05, 0.1) is 5.56 Å². The van der Waals surface area contributed by atoms with E-state index in [0.717, 1.165) is 18.2 Å². The third-order valence-corrected chi connectivity index (χ3v) is 1.42. The van der Waals surface area contributed by atoms with Crippen LogP contribution in [-0.4, -0.2) is 16.2 Å². The highest BCUT2D eigenvalue weighted by atomic mass is 19.1. The van der Waals surface area contributed by atoms with E-state index in [9.17, 15) is 9.18 Å². The summed E-state index contributed by atoms with van der Waals surface area (Å²) < 4.78 is 12.9. The van der Waals surface area contributed by atoms with Crippen LogP contribution in [0.3, 0.4) is 0 Å². The Morgan fingerprint density at radius 1 is 1.46 bits per heavy atom. The van der Waals surface area contributed by atoms with Gasteiger partial charge in [-0.3, -0.25) is 0 Å². The lowest BCUT2D eigenvalue weighted by molar-refractivity contribution is -0.131. The first-order valence-electron chi connectivity index (χ1n) is 3.50. The molecule has 1 rings (SSSR count). The molecule has 0 aliphatic rings. The number of carboxylic acid groups (broad SMARTS) is 1. The summed E-state index contributed by atoms with van der Waals surface area (Å²) in [6.45, 7) is 0. The minimum atomic E-state index is -1.19. The second kappa shape index (κ2) is 3.71. The Morgan fingerprint density at radius 3 is 2.69 bits per heavy atom. The van der Waals surface area contributed by atoms with Gasteiger partial charge in [0, 0.05) is 6.08 Å². The third kappa shape index (κ3) is 2.30. The minimum absolute atomic E-state index is 0.120. The highest BCUT2D eigenvalue weighted by Gasteiger charge is 2.03. The molecule has 0 radical (unpaired) electrons. The summed E-state index contributed by atoms with van der Waals surface area (Å²) in [5.41, 5.74) is -0.120. The van der Waals surface area contributed by atoms with Crippen molar-refractivity contribution in [2.75, 3.05) is 0 Å².